The van der Waals surface area contributed by atoms with Gasteiger partial charge in [-0.3, -0.25) is 0 Å². The van der Waals surface area contributed by atoms with E-state index in [2.05, 4.69) is 51.6 Å². The van der Waals surface area contributed by atoms with Crippen molar-refractivity contribution in [2.45, 2.75) is 25.7 Å². The van der Waals surface area contributed by atoms with E-state index in [1.165, 1.54) is 9.80 Å². The zero-order valence-corrected chi connectivity index (χ0v) is 9.32. The molecule has 13 heavy (non-hydrogen) atoms. The molecule has 0 bridgehead atoms. The van der Waals surface area contributed by atoms with Crippen molar-refractivity contribution in [3.8, 4) is 0 Å². The Balaban J connectivity index is 2.66. The van der Waals surface area contributed by atoms with E-state index < -0.39 is 0 Å². The summed E-state index contributed by atoms with van der Waals surface area (Å²) in [6.07, 6.45) is 0. The van der Waals surface area contributed by atoms with Crippen LogP contribution in [0.4, 0.5) is 0 Å². The number of hydrogen-bond acceptors (Lipinski definition) is 1. The van der Waals surface area contributed by atoms with Crippen molar-refractivity contribution >= 4 is 11.8 Å². The van der Waals surface area contributed by atoms with Crippen LogP contribution in [0.3, 0.4) is 0 Å². The van der Waals surface area contributed by atoms with Crippen LogP contribution in [0.15, 0.2) is 46.7 Å². The molecule has 0 aliphatic heterocycles. The fourth-order valence-corrected chi connectivity index (χ4v) is 1.67. The van der Waals surface area contributed by atoms with Crippen molar-refractivity contribution in [1.82, 2.24) is 0 Å². The highest BCUT2D eigenvalue weighted by atomic mass is 32.2. The SMILES string of the molecule is C=C(Sc1ccccc1)C(C)(C)C. The van der Waals surface area contributed by atoms with Crippen LogP contribution in [0.25, 0.3) is 0 Å². The van der Waals surface area contributed by atoms with Crippen molar-refractivity contribution in [3.63, 3.8) is 0 Å². The third-order valence-electron chi connectivity index (χ3n) is 1.82. The zero-order valence-electron chi connectivity index (χ0n) is 8.50. The highest BCUT2D eigenvalue weighted by molar-refractivity contribution is 8.03. The van der Waals surface area contributed by atoms with Gasteiger partial charge in [0.2, 0.25) is 0 Å². The molecule has 1 aromatic carbocycles. The van der Waals surface area contributed by atoms with Gasteiger partial charge in [-0.1, -0.05) is 57.3 Å². The maximum Gasteiger partial charge on any atom is 0.0119 e. The van der Waals surface area contributed by atoms with Crippen molar-refractivity contribution < 1.29 is 0 Å². The summed E-state index contributed by atoms with van der Waals surface area (Å²) in [6.45, 7) is 10.6. The van der Waals surface area contributed by atoms with Crippen molar-refractivity contribution in [2.75, 3.05) is 0 Å². The Morgan fingerprint density at radius 1 is 1.15 bits per heavy atom. The summed E-state index contributed by atoms with van der Waals surface area (Å²) >= 11 is 1.76. The molecule has 0 fully saturated rings. The normalized spacial score (nSPS) is 11.3. The Hall–Kier alpha value is -0.690. The molecule has 0 radical (unpaired) electrons. The quantitative estimate of drug-likeness (QED) is 0.628. The van der Waals surface area contributed by atoms with Gasteiger partial charge in [0, 0.05) is 4.90 Å². The van der Waals surface area contributed by atoms with E-state index >= 15 is 0 Å². The minimum absolute atomic E-state index is 0.181. The van der Waals surface area contributed by atoms with E-state index in [-0.39, 0.29) is 5.41 Å². The summed E-state index contributed by atoms with van der Waals surface area (Å²) in [6, 6.07) is 10.4. The fraction of sp³-hybridized carbons (Fsp3) is 0.333. The van der Waals surface area contributed by atoms with Crippen molar-refractivity contribution in [1.29, 1.82) is 0 Å². The predicted octanol–water partition coefficient (Wildman–Crippen LogP) is 4.34. The number of benzene rings is 1. The van der Waals surface area contributed by atoms with E-state index in [1.807, 2.05) is 6.07 Å². The first kappa shape index (κ1) is 10.4. The third-order valence-corrected chi connectivity index (χ3v) is 3.19. The second kappa shape index (κ2) is 4.01. The lowest BCUT2D eigenvalue weighted by atomic mass is 9.97. The van der Waals surface area contributed by atoms with Crippen LogP contribution in [0.5, 0.6) is 0 Å². The van der Waals surface area contributed by atoms with Gasteiger partial charge >= 0.3 is 0 Å². The summed E-state index contributed by atoms with van der Waals surface area (Å²) in [5, 5.41) is 0. The van der Waals surface area contributed by atoms with Crippen LogP contribution in [0.1, 0.15) is 20.8 Å². The van der Waals surface area contributed by atoms with Gasteiger partial charge in [0.1, 0.15) is 0 Å². The van der Waals surface area contributed by atoms with Gasteiger partial charge in [-0.15, -0.1) is 0 Å². The molecular formula is C12H16S. The molecule has 0 aliphatic rings. The summed E-state index contributed by atoms with van der Waals surface area (Å²) in [7, 11) is 0. The molecule has 0 nitrogen and oxygen atoms in total. The lowest BCUT2D eigenvalue weighted by Crippen LogP contribution is -2.04. The maximum atomic E-state index is 4.08. The van der Waals surface area contributed by atoms with E-state index in [0.717, 1.165) is 0 Å². The Kier molecular flexibility index (Phi) is 3.21. The van der Waals surface area contributed by atoms with Crippen molar-refractivity contribution in [2.24, 2.45) is 5.41 Å². The first-order valence-electron chi connectivity index (χ1n) is 4.42. The van der Waals surface area contributed by atoms with Gasteiger partial charge in [-0.05, 0) is 22.5 Å². The van der Waals surface area contributed by atoms with Gasteiger partial charge in [-0.2, -0.15) is 0 Å². The van der Waals surface area contributed by atoms with Crippen molar-refractivity contribution in [3.05, 3.63) is 41.8 Å². The molecule has 1 heteroatoms. The van der Waals surface area contributed by atoms with E-state index in [1.54, 1.807) is 11.8 Å². The van der Waals surface area contributed by atoms with Gasteiger partial charge in [0.25, 0.3) is 0 Å². The average molecular weight is 192 g/mol. The highest BCUT2D eigenvalue weighted by Gasteiger charge is 2.15. The van der Waals surface area contributed by atoms with E-state index in [0.29, 0.717) is 0 Å². The lowest BCUT2D eigenvalue weighted by molar-refractivity contribution is 0.535. The van der Waals surface area contributed by atoms with E-state index in [4.69, 9.17) is 0 Å². The topological polar surface area (TPSA) is 0 Å². The highest BCUT2D eigenvalue weighted by Crippen LogP contribution is 2.37. The smallest absolute Gasteiger partial charge is 0.0119 e. The minimum atomic E-state index is 0.181. The Morgan fingerprint density at radius 3 is 2.15 bits per heavy atom. The molecule has 1 rings (SSSR count). The molecule has 0 aromatic heterocycles. The third kappa shape index (κ3) is 3.27. The lowest BCUT2D eigenvalue weighted by Gasteiger charge is -2.20. The second-order valence-corrected chi connectivity index (χ2v) is 5.26. The molecule has 0 atom stereocenters. The van der Waals surface area contributed by atoms with Crippen LogP contribution < -0.4 is 0 Å². The van der Waals surface area contributed by atoms with Gasteiger partial charge in [0.05, 0.1) is 0 Å². The summed E-state index contributed by atoms with van der Waals surface area (Å²) in [4.78, 5) is 2.47. The first-order chi connectivity index (χ1) is 6.00. The van der Waals surface area contributed by atoms with Crippen LogP contribution in [-0.2, 0) is 0 Å². The van der Waals surface area contributed by atoms with Crippen LogP contribution in [0, 0.1) is 5.41 Å². The summed E-state index contributed by atoms with van der Waals surface area (Å²) in [5.74, 6) is 0. The predicted molar refractivity (Wildman–Crippen MR) is 60.9 cm³/mol. The average Bonchev–Trinajstić information content (AvgIpc) is 2.04. The maximum absolute atomic E-state index is 4.08. The molecule has 0 spiro atoms. The van der Waals surface area contributed by atoms with Gasteiger partial charge < -0.3 is 0 Å². The molecule has 0 unspecified atom stereocenters. The Labute approximate surface area is 85.1 Å². The molecule has 0 aliphatic carbocycles. The Morgan fingerprint density at radius 2 is 1.69 bits per heavy atom. The monoisotopic (exact) mass is 192 g/mol. The minimum Gasteiger partial charge on any atom is -0.0946 e. The van der Waals surface area contributed by atoms with Gasteiger partial charge in [0.15, 0.2) is 0 Å². The molecule has 0 N–H and O–H groups in total. The molecule has 70 valence electrons. The second-order valence-electron chi connectivity index (χ2n) is 4.09. The van der Waals surface area contributed by atoms with Crippen LogP contribution in [0.2, 0.25) is 0 Å². The number of hydrogen-bond donors (Lipinski definition) is 0. The number of allylic oxidation sites excluding steroid dienone is 1. The standard InChI is InChI=1S/C12H16S/c1-10(12(2,3)4)13-11-8-6-5-7-9-11/h5-9H,1H2,2-4H3. The number of thioether (sulfide) groups is 1. The zero-order chi connectivity index (χ0) is 9.90. The first-order valence-corrected chi connectivity index (χ1v) is 5.24. The van der Waals surface area contributed by atoms with Crippen LogP contribution in [-0.4, -0.2) is 0 Å². The molecular weight excluding hydrogens is 176 g/mol. The molecule has 0 amide bonds. The van der Waals surface area contributed by atoms with E-state index in [9.17, 15) is 0 Å². The number of rotatable bonds is 2. The summed E-state index contributed by atoms with van der Waals surface area (Å²) in [5.41, 5.74) is 0.181. The Bertz CT molecular complexity index is 280. The molecule has 1 aromatic rings. The summed E-state index contributed by atoms with van der Waals surface area (Å²) < 4.78 is 0. The molecule has 0 heterocycles. The van der Waals surface area contributed by atoms with Crippen LogP contribution >= 0.6 is 11.8 Å². The largest absolute Gasteiger partial charge is 0.0946 e. The van der Waals surface area contributed by atoms with Gasteiger partial charge in [-0.25, -0.2) is 0 Å². The fourth-order valence-electron chi connectivity index (χ4n) is 0.784. The molecule has 0 saturated heterocycles. The molecule has 0 saturated carbocycles.